The molecule has 0 saturated carbocycles. The molecule has 0 atom stereocenters. The summed E-state index contributed by atoms with van der Waals surface area (Å²) in [6.07, 6.45) is 1.83. The first-order valence-electron chi connectivity index (χ1n) is 17.2. The second-order valence-corrected chi connectivity index (χ2v) is 12.8. The van der Waals surface area contributed by atoms with Crippen LogP contribution in [0.5, 0.6) is 0 Å². The molecule has 0 N–H and O–H groups in total. The van der Waals surface area contributed by atoms with Gasteiger partial charge in [-0.15, -0.1) is 0 Å². The van der Waals surface area contributed by atoms with Crippen molar-refractivity contribution in [1.29, 1.82) is 0 Å². The Balaban J connectivity index is 1.08. The van der Waals surface area contributed by atoms with E-state index in [9.17, 15) is 0 Å². The minimum absolute atomic E-state index is 0.654. The maximum absolute atomic E-state index is 6.10. The minimum Gasteiger partial charge on any atom is -0.438 e. The second-order valence-electron chi connectivity index (χ2n) is 12.8. The molecule has 0 aliphatic carbocycles. The lowest BCUT2D eigenvalue weighted by atomic mass is 10.0. The summed E-state index contributed by atoms with van der Waals surface area (Å²) < 4.78 is 8.45. The number of furan rings is 1. The van der Waals surface area contributed by atoms with Gasteiger partial charge in [-0.1, -0.05) is 109 Å². The third-order valence-electron chi connectivity index (χ3n) is 9.89. The van der Waals surface area contributed by atoms with Gasteiger partial charge < -0.3 is 13.9 Å². The highest BCUT2D eigenvalue weighted by molar-refractivity contribution is 6.11. The molecule has 3 heterocycles. The zero-order chi connectivity index (χ0) is 33.7. The first-order chi connectivity index (χ1) is 25.3. The predicted octanol–water partition coefficient (Wildman–Crippen LogP) is 12.9. The fourth-order valence-corrected chi connectivity index (χ4v) is 7.51. The summed E-state index contributed by atoms with van der Waals surface area (Å²) >= 11 is 0. The summed E-state index contributed by atoms with van der Waals surface area (Å²) in [7, 11) is 0. The average molecular weight is 654 g/mol. The third kappa shape index (κ3) is 4.88. The van der Waals surface area contributed by atoms with Crippen LogP contribution in [0.1, 0.15) is 0 Å². The molecule has 3 aromatic heterocycles. The molecule has 10 rings (SSSR count). The first kappa shape index (κ1) is 29.0. The molecule has 0 radical (unpaired) electrons. The molecule has 0 unspecified atom stereocenters. The number of hydrogen-bond donors (Lipinski definition) is 0. The van der Waals surface area contributed by atoms with Crippen LogP contribution in [0, 0.1) is 0 Å². The number of fused-ring (bicyclic) bond motifs is 6. The van der Waals surface area contributed by atoms with Crippen LogP contribution in [0.15, 0.2) is 193 Å². The Morgan fingerprint density at radius 2 is 0.941 bits per heavy atom. The Morgan fingerprint density at radius 1 is 0.431 bits per heavy atom. The monoisotopic (exact) mass is 653 g/mol. The molecule has 0 aliphatic rings. The Kier molecular flexibility index (Phi) is 6.78. The van der Waals surface area contributed by atoms with Gasteiger partial charge in [0.2, 0.25) is 5.71 Å². The van der Waals surface area contributed by atoms with Gasteiger partial charge in [-0.05, 0) is 95.1 Å². The molecule has 0 bridgehead atoms. The van der Waals surface area contributed by atoms with Gasteiger partial charge in [0.25, 0.3) is 0 Å². The molecule has 0 fully saturated rings. The summed E-state index contributed by atoms with van der Waals surface area (Å²) in [6, 6.07) is 64.5. The van der Waals surface area contributed by atoms with Gasteiger partial charge in [-0.3, -0.25) is 0 Å². The smallest absolute Gasteiger partial charge is 0.227 e. The van der Waals surface area contributed by atoms with Gasteiger partial charge in [0.1, 0.15) is 5.58 Å². The van der Waals surface area contributed by atoms with E-state index in [2.05, 4.69) is 178 Å². The van der Waals surface area contributed by atoms with E-state index in [4.69, 9.17) is 4.42 Å². The van der Waals surface area contributed by atoms with E-state index in [1.165, 1.54) is 32.9 Å². The van der Waals surface area contributed by atoms with Crippen molar-refractivity contribution in [3.63, 3.8) is 0 Å². The van der Waals surface area contributed by atoms with Gasteiger partial charge in [0, 0.05) is 45.1 Å². The lowest BCUT2D eigenvalue weighted by Gasteiger charge is -2.26. The number of para-hydroxylation sites is 3. The number of nitrogens with zero attached hydrogens (tertiary/aromatic N) is 3. The average Bonchev–Trinajstić information content (AvgIpc) is 3.75. The summed E-state index contributed by atoms with van der Waals surface area (Å²) in [5.74, 6) is 0. The van der Waals surface area contributed by atoms with Crippen molar-refractivity contribution < 1.29 is 4.42 Å². The number of rotatable bonds is 6. The Hall–Kier alpha value is -6.91. The maximum atomic E-state index is 6.10. The van der Waals surface area contributed by atoms with Crippen molar-refractivity contribution in [2.24, 2.45) is 0 Å². The molecule has 0 aliphatic heterocycles. The van der Waals surface area contributed by atoms with E-state index < -0.39 is 0 Å². The predicted molar refractivity (Wildman–Crippen MR) is 211 cm³/mol. The molecule has 51 heavy (non-hydrogen) atoms. The molecule has 4 heteroatoms. The summed E-state index contributed by atoms with van der Waals surface area (Å²) in [5.41, 5.74) is 12.8. The molecule has 10 aromatic rings. The molecule has 4 nitrogen and oxygen atoms in total. The van der Waals surface area contributed by atoms with Crippen LogP contribution in [-0.4, -0.2) is 9.55 Å². The van der Waals surface area contributed by atoms with Crippen LogP contribution in [0.4, 0.5) is 17.1 Å². The number of aromatic nitrogens is 2. The number of anilines is 3. The van der Waals surface area contributed by atoms with Gasteiger partial charge in [-0.2, -0.15) is 0 Å². The zero-order valence-electron chi connectivity index (χ0n) is 27.6. The third-order valence-corrected chi connectivity index (χ3v) is 9.89. The van der Waals surface area contributed by atoms with Crippen LogP contribution in [0.2, 0.25) is 0 Å². The van der Waals surface area contributed by atoms with E-state index in [-0.39, 0.29) is 0 Å². The molecule has 0 amide bonds. The Morgan fingerprint density at radius 3 is 1.59 bits per heavy atom. The highest BCUT2D eigenvalue weighted by Gasteiger charge is 2.17. The van der Waals surface area contributed by atoms with Crippen molar-refractivity contribution in [2.75, 3.05) is 4.90 Å². The number of pyridine rings is 1. The van der Waals surface area contributed by atoms with Gasteiger partial charge in [0.15, 0.2) is 0 Å². The maximum Gasteiger partial charge on any atom is 0.227 e. The molecule has 0 spiro atoms. The molecule has 7 aromatic carbocycles. The number of benzene rings is 7. The van der Waals surface area contributed by atoms with Crippen molar-refractivity contribution in [1.82, 2.24) is 9.55 Å². The molecule has 0 saturated heterocycles. The summed E-state index contributed by atoms with van der Waals surface area (Å²) in [6.45, 7) is 0. The fourth-order valence-electron chi connectivity index (χ4n) is 7.51. The highest BCUT2D eigenvalue weighted by atomic mass is 16.3. The van der Waals surface area contributed by atoms with E-state index in [1.807, 2.05) is 24.4 Å². The van der Waals surface area contributed by atoms with Crippen LogP contribution in [-0.2, 0) is 0 Å². The molecular weight excluding hydrogens is 623 g/mol. The van der Waals surface area contributed by atoms with Crippen molar-refractivity contribution >= 4 is 60.9 Å². The Labute approximate surface area is 295 Å². The van der Waals surface area contributed by atoms with E-state index >= 15 is 0 Å². The van der Waals surface area contributed by atoms with Crippen molar-refractivity contribution in [2.45, 2.75) is 0 Å². The summed E-state index contributed by atoms with van der Waals surface area (Å²) in [4.78, 5) is 6.86. The van der Waals surface area contributed by atoms with Crippen LogP contribution in [0.3, 0.4) is 0 Å². The quantitative estimate of drug-likeness (QED) is 0.179. The lowest BCUT2D eigenvalue weighted by Crippen LogP contribution is -2.10. The lowest BCUT2D eigenvalue weighted by molar-refractivity contribution is 0.654. The standard InChI is InChI=1S/C47H31N3O/c1-2-10-32(11-3-1)33-18-22-35(23-19-33)49(36-24-20-34(21-25-36)39-30-31-48-47-46(39)42-14-6-9-17-45(42)51-47)37-26-28-38(29-27-37)50-43-15-7-4-12-40(43)41-13-5-8-16-44(41)50/h1-31H. The SMILES string of the molecule is c1ccc(-c2ccc(N(c3ccc(-c4ccnc5oc6ccccc6c45)cc3)c3ccc(-n4c5ccccc5c5ccccc54)cc3)cc2)cc1. The molecule has 240 valence electrons. The summed E-state index contributed by atoms with van der Waals surface area (Å²) in [5, 5.41) is 4.62. The minimum atomic E-state index is 0.654. The van der Waals surface area contributed by atoms with Gasteiger partial charge in [0.05, 0.1) is 16.4 Å². The van der Waals surface area contributed by atoms with Crippen molar-refractivity contribution in [3.05, 3.63) is 188 Å². The first-order valence-corrected chi connectivity index (χ1v) is 17.2. The van der Waals surface area contributed by atoms with Crippen molar-refractivity contribution in [3.8, 4) is 27.9 Å². The van der Waals surface area contributed by atoms with Gasteiger partial charge in [-0.25, -0.2) is 4.98 Å². The van der Waals surface area contributed by atoms with Gasteiger partial charge >= 0.3 is 0 Å². The van der Waals surface area contributed by atoms with E-state index in [1.54, 1.807) is 0 Å². The topological polar surface area (TPSA) is 34.2 Å². The zero-order valence-corrected chi connectivity index (χ0v) is 27.6. The highest BCUT2D eigenvalue weighted by Crippen LogP contribution is 2.40. The largest absolute Gasteiger partial charge is 0.438 e. The van der Waals surface area contributed by atoms with E-state index in [0.29, 0.717) is 5.71 Å². The van der Waals surface area contributed by atoms with Crippen LogP contribution in [0.25, 0.3) is 71.8 Å². The molecular formula is C47H31N3O. The van der Waals surface area contributed by atoms with E-state index in [0.717, 1.165) is 50.2 Å². The number of hydrogen-bond acceptors (Lipinski definition) is 3. The second kappa shape index (κ2) is 11.9. The normalized spacial score (nSPS) is 11.5. The van der Waals surface area contributed by atoms with Crippen LogP contribution >= 0.6 is 0 Å². The van der Waals surface area contributed by atoms with Crippen LogP contribution < -0.4 is 4.90 Å². The Bertz CT molecular complexity index is 2780. The fraction of sp³-hybridized carbons (Fsp3) is 0.